The van der Waals surface area contributed by atoms with Crippen molar-refractivity contribution in [2.45, 2.75) is 43.9 Å². The van der Waals surface area contributed by atoms with Gasteiger partial charge < -0.3 is 10.1 Å². The smallest absolute Gasteiger partial charge is 0.226 e. The quantitative estimate of drug-likeness (QED) is 0.930. The first-order valence-electron chi connectivity index (χ1n) is 8.46. The summed E-state index contributed by atoms with van der Waals surface area (Å²) in [4.78, 5) is 12.6. The average molecular weight is 299 g/mol. The van der Waals surface area contributed by atoms with Crippen LogP contribution in [0.2, 0.25) is 0 Å². The first-order valence-corrected chi connectivity index (χ1v) is 8.46. The van der Waals surface area contributed by atoms with E-state index in [-0.39, 0.29) is 16.7 Å². The number of carbonyl (C=O) groups is 1. The second-order valence-electron chi connectivity index (χ2n) is 7.83. The van der Waals surface area contributed by atoms with E-state index >= 15 is 0 Å². The molecule has 1 aromatic carbocycles. The Morgan fingerprint density at radius 3 is 2.32 bits per heavy atom. The van der Waals surface area contributed by atoms with Crippen molar-refractivity contribution in [3.05, 3.63) is 29.8 Å². The predicted molar refractivity (Wildman–Crippen MR) is 85.9 cm³/mol. The number of hydrogen-bond donors (Lipinski definition) is 1. The van der Waals surface area contributed by atoms with Crippen LogP contribution >= 0.6 is 0 Å². The molecule has 4 aliphatic rings. The highest BCUT2D eigenvalue weighted by Gasteiger charge is 2.60. The lowest BCUT2D eigenvalue weighted by atomic mass is 9.42. The zero-order chi connectivity index (χ0) is 15.4. The van der Waals surface area contributed by atoms with Gasteiger partial charge in [0.1, 0.15) is 5.75 Å². The number of nitrogens with one attached hydrogen (secondary N) is 1. The summed E-state index contributed by atoms with van der Waals surface area (Å²) in [6.07, 6.45) is 7.07. The molecule has 2 unspecified atom stereocenters. The van der Waals surface area contributed by atoms with Crippen LogP contribution in [0.5, 0.6) is 5.75 Å². The molecule has 118 valence electrons. The third-order valence-electron chi connectivity index (χ3n) is 6.47. The van der Waals surface area contributed by atoms with Gasteiger partial charge in [0.25, 0.3) is 0 Å². The van der Waals surface area contributed by atoms with Crippen LogP contribution in [0.3, 0.4) is 0 Å². The highest BCUT2D eigenvalue weighted by atomic mass is 16.5. The molecule has 2 atom stereocenters. The Labute approximate surface area is 132 Å². The maximum Gasteiger partial charge on any atom is 0.226 e. The Bertz CT molecular complexity index is 578. The van der Waals surface area contributed by atoms with Gasteiger partial charge in [-0.15, -0.1) is 0 Å². The molecule has 0 radical (unpaired) electrons. The molecule has 0 heterocycles. The van der Waals surface area contributed by atoms with Gasteiger partial charge in [-0.05, 0) is 73.5 Å². The van der Waals surface area contributed by atoms with Crippen LogP contribution in [0.1, 0.15) is 44.1 Å². The number of methoxy groups -OCH3 is 1. The van der Waals surface area contributed by atoms with Crippen molar-refractivity contribution < 1.29 is 9.53 Å². The largest absolute Gasteiger partial charge is 0.497 e. The van der Waals surface area contributed by atoms with Crippen molar-refractivity contribution in [1.82, 2.24) is 5.32 Å². The maximum absolute atomic E-state index is 12.6. The normalized spacial score (nSPS) is 38.8. The van der Waals surface area contributed by atoms with Gasteiger partial charge in [-0.1, -0.05) is 12.1 Å². The predicted octanol–water partition coefficient (Wildman–Crippen LogP) is 3.28. The minimum absolute atomic E-state index is 0.112. The summed E-state index contributed by atoms with van der Waals surface area (Å²) in [6, 6.07) is 8.59. The Balaban J connectivity index is 1.73. The van der Waals surface area contributed by atoms with Crippen LogP contribution in [0.25, 0.3) is 0 Å². The summed E-state index contributed by atoms with van der Waals surface area (Å²) >= 11 is 0. The van der Waals surface area contributed by atoms with Gasteiger partial charge in [-0.25, -0.2) is 0 Å². The van der Waals surface area contributed by atoms with Gasteiger partial charge in [0.15, 0.2) is 0 Å². The van der Waals surface area contributed by atoms with E-state index in [4.69, 9.17) is 4.74 Å². The van der Waals surface area contributed by atoms with Crippen molar-refractivity contribution in [2.24, 2.45) is 17.3 Å². The third-order valence-corrected chi connectivity index (χ3v) is 6.47. The molecule has 0 aliphatic heterocycles. The van der Waals surface area contributed by atoms with E-state index < -0.39 is 0 Å². The van der Waals surface area contributed by atoms with Crippen molar-refractivity contribution in [1.29, 1.82) is 0 Å². The Morgan fingerprint density at radius 2 is 1.77 bits per heavy atom. The molecule has 5 rings (SSSR count). The molecule has 3 nitrogen and oxygen atoms in total. The number of ether oxygens (including phenoxy) is 1. The van der Waals surface area contributed by atoms with Gasteiger partial charge in [0, 0.05) is 7.05 Å². The fourth-order valence-electron chi connectivity index (χ4n) is 6.08. The summed E-state index contributed by atoms with van der Waals surface area (Å²) in [5.74, 6) is 2.63. The van der Waals surface area contributed by atoms with Crippen molar-refractivity contribution >= 4 is 5.91 Å². The monoisotopic (exact) mass is 299 g/mol. The molecule has 1 N–H and O–H groups in total. The molecule has 4 bridgehead atoms. The van der Waals surface area contributed by atoms with E-state index in [1.54, 1.807) is 14.2 Å². The van der Waals surface area contributed by atoms with Crippen LogP contribution in [0.15, 0.2) is 24.3 Å². The molecule has 1 amide bonds. The van der Waals surface area contributed by atoms with Crippen LogP contribution in [0, 0.1) is 17.3 Å². The number of hydrogen-bond acceptors (Lipinski definition) is 2. The molecule has 3 heteroatoms. The SMILES string of the molecule is CNC(=O)C12CC3CC(C1)CC(c1ccc(OC)cc1)(C3)C2. The Morgan fingerprint density at radius 1 is 1.14 bits per heavy atom. The summed E-state index contributed by atoms with van der Waals surface area (Å²) in [6.45, 7) is 0. The van der Waals surface area contributed by atoms with E-state index in [2.05, 4.69) is 29.6 Å². The molecule has 4 saturated carbocycles. The first-order chi connectivity index (χ1) is 10.6. The minimum Gasteiger partial charge on any atom is -0.497 e. The maximum atomic E-state index is 12.6. The van der Waals surface area contributed by atoms with Crippen LogP contribution < -0.4 is 10.1 Å². The van der Waals surface area contributed by atoms with Gasteiger partial charge in [0.2, 0.25) is 5.91 Å². The fourth-order valence-corrected chi connectivity index (χ4v) is 6.08. The zero-order valence-electron chi connectivity index (χ0n) is 13.5. The molecule has 0 spiro atoms. The first kappa shape index (κ1) is 14.1. The fraction of sp³-hybridized carbons (Fsp3) is 0.632. The Hall–Kier alpha value is -1.51. The highest BCUT2D eigenvalue weighted by molar-refractivity contribution is 5.83. The van der Waals surface area contributed by atoms with E-state index in [9.17, 15) is 4.79 Å². The number of rotatable bonds is 3. The zero-order valence-corrected chi connectivity index (χ0v) is 13.5. The van der Waals surface area contributed by atoms with Crippen molar-refractivity contribution in [3.8, 4) is 5.75 Å². The molecular formula is C19H25NO2. The summed E-state index contributed by atoms with van der Waals surface area (Å²) in [7, 11) is 3.50. The summed E-state index contributed by atoms with van der Waals surface area (Å²) in [5, 5.41) is 2.95. The highest BCUT2D eigenvalue weighted by Crippen LogP contribution is 2.65. The lowest BCUT2D eigenvalue weighted by Crippen LogP contribution is -2.58. The summed E-state index contributed by atoms with van der Waals surface area (Å²) < 4.78 is 5.30. The second kappa shape index (κ2) is 4.74. The van der Waals surface area contributed by atoms with Crippen molar-refractivity contribution in [2.75, 3.05) is 14.2 Å². The van der Waals surface area contributed by atoms with Gasteiger partial charge in [0.05, 0.1) is 12.5 Å². The molecule has 4 aliphatic carbocycles. The van der Waals surface area contributed by atoms with E-state index in [1.165, 1.54) is 24.8 Å². The lowest BCUT2D eigenvalue weighted by molar-refractivity contribution is -0.148. The number of amides is 1. The van der Waals surface area contributed by atoms with Gasteiger partial charge in [-0.3, -0.25) is 4.79 Å². The minimum atomic E-state index is -0.112. The van der Waals surface area contributed by atoms with E-state index in [0.29, 0.717) is 0 Å². The van der Waals surface area contributed by atoms with Crippen LogP contribution in [-0.2, 0) is 10.2 Å². The second-order valence-corrected chi connectivity index (χ2v) is 7.83. The average Bonchev–Trinajstić information content (AvgIpc) is 2.53. The molecule has 4 fully saturated rings. The molecule has 1 aromatic rings. The standard InChI is InChI=1S/C19H25NO2/c1-20-17(21)19-10-13-7-14(11-19)9-18(8-13,12-19)15-3-5-16(22-2)6-4-15/h3-6,13-14H,7-12H2,1-2H3,(H,20,21). The lowest BCUT2D eigenvalue weighted by Gasteiger charge is -2.61. The van der Waals surface area contributed by atoms with E-state index in [1.807, 2.05) is 0 Å². The molecule has 0 saturated heterocycles. The molecular weight excluding hydrogens is 274 g/mol. The number of benzene rings is 1. The van der Waals surface area contributed by atoms with Gasteiger partial charge in [-0.2, -0.15) is 0 Å². The summed E-state index contributed by atoms with van der Waals surface area (Å²) in [5.41, 5.74) is 1.51. The van der Waals surface area contributed by atoms with Crippen molar-refractivity contribution in [3.63, 3.8) is 0 Å². The third kappa shape index (κ3) is 1.90. The van der Waals surface area contributed by atoms with E-state index in [0.717, 1.165) is 36.8 Å². The molecule has 22 heavy (non-hydrogen) atoms. The van der Waals surface area contributed by atoms with Gasteiger partial charge >= 0.3 is 0 Å². The molecule has 0 aromatic heterocycles. The van der Waals surface area contributed by atoms with Crippen LogP contribution in [-0.4, -0.2) is 20.1 Å². The Kier molecular flexibility index (Phi) is 3.04. The topological polar surface area (TPSA) is 38.3 Å². The van der Waals surface area contributed by atoms with Crippen LogP contribution in [0.4, 0.5) is 0 Å². The number of carbonyl (C=O) groups excluding carboxylic acids is 1.